The summed E-state index contributed by atoms with van der Waals surface area (Å²) in [5.74, 6) is 0.891. The molecule has 1 saturated heterocycles. The molecule has 0 unspecified atom stereocenters. The minimum absolute atomic E-state index is 0.0293. The predicted molar refractivity (Wildman–Crippen MR) is 131 cm³/mol. The van der Waals surface area contributed by atoms with Gasteiger partial charge in [-0.3, -0.25) is 4.79 Å². The number of aromatic nitrogens is 5. The van der Waals surface area contributed by atoms with Gasteiger partial charge in [-0.05, 0) is 36.0 Å². The Kier molecular flexibility index (Phi) is 5.57. The van der Waals surface area contributed by atoms with E-state index in [1.54, 1.807) is 10.8 Å². The molecule has 1 amide bonds. The summed E-state index contributed by atoms with van der Waals surface area (Å²) in [6, 6.07) is 12.4. The summed E-state index contributed by atoms with van der Waals surface area (Å²) >= 11 is 1.47. The first kappa shape index (κ1) is 21.5. The maximum Gasteiger partial charge on any atom is 0.229 e. The average Bonchev–Trinajstić information content (AvgIpc) is 3.48. The molecule has 170 valence electrons. The number of carbonyl (C=O) groups is 1. The van der Waals surface area contributed by atoms with Crippen LogP contribution < -0.4 is 10.2 Å². The van der Waals surface area contributed by atoms with Crippen LogP contribution in [0.4, 0.5) is 10.9 Å². The lowest BCUT2D eigenvalue weighted by Gasteiger charge is -2.31. The third kappa shape index (κ3) is 4.59. The summed E-state index contributed by atoms with van der Waals surface area (Å²) in [5.41, 5.74) is 4.08. The second kappa shape index (κ2) is 8.55. The number of fused-ring (bicyclic) bond motifs is 1. The Labute approximate surface area is 196 Å². The van der Waals surface area contributed by atoms with Gasteiger partial charge in [0.1, 0.15) is 12.1 Å². The maximum atomic E-state index is 12.9. The number of nitrogens with one attached hydrogen (secondary N) is 1. The van der Waals surface area contributed by atoms with E-state index < -0.39 is 0 Å². The normalized spacial score (nSPS) is 15.2. The van der Waals surface area contributed by atoms with Crippen molar-refractivity contribution in [2.75, 3.05) is 23.3 Å². The van der Waals surface area contributed by atoms with E-state index in [-0.39, 0.29) is 17.2 Å². The first-order valence-electron chi connectivity index (χ1n) is 11.2. The molecular weight excluding hydrogens is 434 g/mol. The highest BCUT2D eigenvalue weighted by atomic mass is 32.1. The number of hydrogen-bond donors (Lipinski definition) is 1. The maximum absolute atomic E-state index is 12.9. The highest BCUT2D eigenvalue weighted by Gasteiger charge is 2.26. The van der Waals surface area contributed by atoms with E-state index in [0.29, 0.717) is 5.13 Å². The van der Waals surface area contributed by atoms with Crippen LogP contribution in [0.1, 0.15) is 39.2 Å². The SMILES string of the molecule is CC(C)(C)c1ccc(-c2csc(NC(=O)C3CCN(c4ccc5nncn5n4)CC3)n2)cc1. The summed E-state index contributed by atoms with van der Waals surface area (Å²) in [7, 11) is 0. The fraction of sp³-hybridized carbons (Fsp3) is 0.375. The molecule has 0 aliphatic carbocycles. The van der Waals surface area contributed by atoms with E-state index in [4.69, 9.17) is 0 Å². The van der Waals surface area contributed by atoms with E-state index in [0.717, 1.165) is 48.7 Å². The van der Waals surface area contributed by atoms with Gasteiger partial charge in [0, 0.05) is 30.0 Å². The monoisotopic (exact) mass is 461 g/mol. The first-order chi connectivity index (χ1) is 15.9. The number of nitrogens with zero attached hydrogens (tertiary/aromatic N) is 6. The Morgan fingerprint density at radius 3 is 2.58 bits per heavy atom. The van der Waals surface area contributed by atoms with Gasteiger partial charge in [0.2, 0.25) is 5.91 Å². The standard InChI is InChI=1S/C24H27N7OS/c1-24(2,3)18-6-4-16(5-7-18)19-14-33-23(26-19)27-22(32)17-10-12-30(13-11-17)21-9-8-20-28-25-15-31(20)29-21/h4-9,14-15,17H,10-13H2,1-3H3,(H,26,27,32). The molecule has 0 spiro atoms. The van der Waals surface area contributed by atoms with Gasteiger partial charge in [0.15, 0.2) is 10.8 Å². The van der Waals surface area contributed by atoms with Crippen molar-refractivity contribution in [1.29, 1.82) is 0 Å². The largest absolute Gasteiger partial charge is 0.355 e. The lowest BCUT2D eigenvalue weighted by molar-refractivity contribution is -0.120. The molecule has 0 bridgehead atoms. The van der Waals surface area contributed by atoms with Crippen molar-refractivity contribution >= 4 is 33.8 Å². The predicted octanol–water partition coefficient (Wildman–Crippen LogP) is 4.40. The number of amides is 1. The molecule has 4 aromatic rings. The zero-order valence-corrected chi connectivity index (χ0v) is 19.8. The second-order valence-electron chi connectivity index (χ2n) is 9.44. The Morgan fingerprint density at radius 1 is 1.09 bits per heavy atom. The van der Waals surface area contributed by atoms with Crippen molar-refractivity contribution in [3.8, 4) is 11.3 Å². The van der Waals surface area contributed by atoms with E-state index in [2.05, 4.69) is 75.5 Å². The molecule has 33 heavy (non-hydrogen) atoms. The highest BCUT2D eigenvalue weighted by molar-refractivity contribution is 7.14. The Bertz CT molecular complexity index is 1260. The minimum Gasteiger partial charge on any atom is -0.355 e. The number of hydrogen-bond acceptors (Lipinski definition) is 7. The van der Waals surface area contributed by atoms with Crippen LogP contribution in [0.15, 0.2) is 48.1 Å². The molecule has 1 aliphatic heterocycles. The molecule has 8 nitrogen and oxygen atoms in total. The molecule has 3 aromatic heterocycles. The molecule has 0 saturated carbocycles. The van der Waals surface area contributed by atoms with Crippen LogP contribution in [0.25, 0.3) is 16.9 Å². The summed E-state index contributed by atoms with van der Waals surface area (Å²) in [4.78, 5) is 19.7. The number of benzene rings is 1. The van der Waals surface area contributed by atoms with Gasteiger partial charge < -0.3 is 10.2 Å². The number of rotatable bonds is 4. The van der Waals surface area contributed by atoms with Crippen molar-refractivity contribution in [1.82, 2.24) is 24.8 Å². The number of anilines is 2. The lowest BCUT2D eigenvalue weighted by Crippen LogP contribution is -2.38. The molecule has 1 fully saturated rings. The fourth-order valence-corrected chi connectivity index (χ4v) is 4.79. The van der Waals surface area contributed by atoms with Crippen molar-refractivity contribution in [3.05, 3.63) is 53.7 Å². The lowest BCUT2D eigenvalue weighted by atomic mass is 9.86. The molecule has 9 heteroatoms. The van der Waals surface area contributed by atoms with Crippen LogP contribution in [0, 0.1) is 5.92 Å². The first-order valence-corrected chi connectivity index (χ1v) is 12.0. The molecule has 0 radical (unpaired) electrons. The van der Waals surface area contributed by atoms with Crippen LogP contribution >= 0.6 is 11.3 Å². The van der Waals surface area contributed by atoms with E-state index in [1.165, 1.54) is 16.9 Å². The average molecular weight is 462 g/mol. The van der Waals surface area contributed by atoms with Crippen LogP contribution in [-0.4, -0.2) is 43.8 Å². The molecule has 1 aromatic carbocycles. The van der Waals surface area contributed by atoms with Gasteiger partial charge >= 0.3 is 0 Å². The molecular formula is C24H27N7OS. The van der Waals surface area contributed by atoms with Crippen molar-refractivity contribution in [2.24, 2.45) is 5.92 Å². The van der Waals surface area contributed by atoms with Crippen LogP contribution in [0.2, 0.25) is 0 Å². The van der Waals surface area contributed by atoms with Crippen molar-refractivity contribution < 1.29 is 4.79 Å². The zero-order chi connectivity index (χ0) is 23.0. The summed E-state index contributed by atoms with van der Waals surface area (Å²) < 4.78 is 1.67. The molecule has 1 aliphatic rings. The van der Waals surface area contributed by atoms with Crippen LogP contribution in [0.3, 0.4) is 0 Å². The third-order valence-electron chi connectivity index (χ3n) is 6.12. The zero-order valence-electron chi connectivity index (χ0n) is 19.0. The van der Waals surface area contributed by atoms with Gasteiger partial charge in [-0.1, -0.05) is 45.0 Å². The highest BCUT2D eigenvalue weighted by Crippen LogP contribution is 2.29. The van der Waals surface area contributed by atoms with Gasteiger partial charge in [-0.15, -0.1) is 26.6 Å². The van der Waals surface area contributed by atoms with E-state index >= 15 is 0 Å². The topological polar surface area (TPSA) is 88.3 Å². The molecule has 1 N–H and O–H groups in total. The van der Waals surface area contributed by atoms with Gasteiger partial charge in [0.05, 0.1) is 5.69 Å². The summed E-state index contributed by atoms with van der Waals surface area (Å²) in [5, 5.41) is 18.1. The minimum atomic E-state index is -0.0293. The Balaban J connectivity index is 1.18. The fourth-order valence-electron chi connectivity index (χ4n) is 4.07. The quantitative estimate of drug-likeness (QED) is 0.485. The van der Waals surface area contributed by atoms with Crippen molar-refractivity contribution in [2.45, 2.75) is 39.0 Å². The van der Waals surface area contributed by atoms with E-state index in [9.17, 15) is 4.79 Å². The van der Waals surface area contributed by atoms with E-state index in [1.807, 2.05) is 17.5 Å². The van der Waals surface area contributed by atoms with Crippen molar-refractivity contribution in [3.63, 3.8) is 0 Å². The van der Waals surface area contributed by atoms with Crippen LogP contribution in [0.5, 0.6) is 0 Å². The number of thiazole rings is 1. The van der Waals surface area contributed by atoms with Crippen LogP contribution in [-0.2, 0) is 10.2 Å². The number of carbonyl (C=O) groups excluding carboxylic acids is 1. The third-order valence-corrected chi connectivity index (χ3v) is 6.88. The summed E-state index contributed by atoms with van der Waals surface area (Å²) in [6.45, 7) is 8.17. The van der Waals surface area contributed by atoms with Gasteiger partial charge in [0.25, 0.3) is 0 Å². The second-order valence-corrected chi connectivity index (χ2v) is 10.3. The van der Waals surface area contributed by atoms with Gasteiger partial charge in [-0.2, -0.15) is 4.52 Å². The molecule has 4 heterocycles. The Morgan fingerprint density at radius 2 is 1.85 bits per heavy atom. The van der Waals surface area contributed by atoms with Gasteiger partial charge in [-0.25, -0.2) is 4.98 Å². The molecule has 0 atom stereocenters. The Hall–Kier alpha value is -3.33. The smallest absolute Gasteiger partial charge is 0.229 e. The number of piperidine rings is 1. The molecule has 5 rings (SSSR count). The summed E-state index contributed by atoms with van der Waals surface area (Å²) in [6.07, 6.45) is 3.15.